The summed E-state index contributed by atoms with van der Waals surface area (Å²) in [5, 5.41) is 4.96. The first-order valence-electron chi connectivity index (χ1n) is 8.66. The number of benzene rings is 2. The Labute approximate surface area is 157 Å². The van der Waals surface area contributed by atoms with E-state index in [0.29, 0.717) is 11.7 Å². The molecule has 1 fully saturated rings. The third-order valence-corrected chi connectivity index (χ3v) is 5.13. The molecule has 0 radical (unpaired) electrons. The summed E-state index contributed by atoms with van der Waals surface area (Å²) in [5.74, 6) is 2.39. The van der Waals surface area contributed by atoms with E-state index in [1.165, 1.54) is 0 Å². The quantitative estimate of drug-likeness (QED) is 0.667. The molecule has 2 aromatic carbocycles. The molecule has 0 saturated carbocycles. The van der Waals surface area contributed by atoms with Crippen molar-refractivity contribution in [2.24, 2.45) is 0 Å². The lowest BCUT2D eigenvalue weighted by molar-refractivity contribution is 0.309. The molecule has 3 aromatic rings. The molecule has 0 amide bonds. The number of nitrogens with zero attached hydrogens (tertiary/aromatic N) is 3. The van der Waals surface area contributed by atoms with Crippen molar-refractivity contribution in [1.29, 1.82) is 0 Å². The standard InChI is InChI=1S/C20H20ClN3O2/c1-25-17-8-6-14(7-9-17)19-22-20(26-23-19)16-10-11-24(13-16)12-15-4-2-3-5-18(15)21/h2-9,16H,10-13H2,1H3/t16-/m1/s1. The van der Waals surface area contributed by atoms with Gasteiger partial charge in [0.1, 0.15) is 5.75 Å². The van der Waals surface area contributed by atoms with E-state index in [-0.39, 0.29) is 5.92 Å². The lowest BCUT2D eigenvalue weighted by Crippen LogP contribution is -2.20. The predicted molar refractivity (Wildman–Crippen MR) is 100 cm³/mol. The Balaban J connectivity index is 1.43. The second kappa shape index (κ2) is 7.48. The minimum atomic E-state index is 0.261. The zero-order valence-corrected chi connectivity index (χ0v) is 15.3. The van der Waals surface area contributed by atoms with Gasteiger partial charge in [-0.1, -0.05) is 35.0 Å². The SMILES string of the molecule is COc1ccc(-c2noc([C@@H]3CCN(Cc4ccccc4Cl)C3)n2)cc1. The molecule has 26 heavy (non-hydrogen) atoms. The van der Waals surface area contributed by atoms with Gasteiger partial charge in [-0.05, 0) is 48.9 Å². The van der Waals surface area contributed by atoms with Crippen molar-refractivity contribution in [3.8, 4) is 17.1 Å². The summed E-state index contributed by atoms with van der Waals surface area (Å²) in [6.45, 7) is 2.74. The summed E-state index contributed by atoms with van der Waals surface area (Å²) in [6.07, 6.45) is 1.01. The van der Waals surface area contributed by atoms with Gasteiger partial charge in [0.2, 0.25) is 11.7 Å². The molecular weight excluding hydrogens is 350 g/mol. The van der Waals surface area contributed by atoms with Crippen LogP contribution in [0.25, 0.3) is 11.4 Å². The topological polar surface area (TPSA) is 51.4 Å². The fourth-order valence-corrected chi connectivity index (χ4v) is 3.50. The molecule has 134 valence electrons. The highest BCUT2D eigenvalue weighted by atomic mass is 35.5. The first-order valence-corrected chi connectivity index (χ1v) is 9.04. The summed E-state index contributed by atoms with van der Waals surface area (Å²) in [6, 6.07) is 15.6. The van der Waals surface area contributed by atoms with Crippen LogP contribution in [0.1, 0.15) is 23.8 Å². The molecule has 0 unspecified atom stereocenters. The van der Waals surface area contributed by atoms with Crippen molar-refractivity contribution in [1.82, 2.24) is 15.0 Å². The highest BCUT2D eigenvalue weighted by Gasteiger charge is 2.28. The zero-order chi connectivity index (χ0) is 17.9. The van der Waals surface area contributed by atoms with E-state index in [4.69, 9.17) is 20.9 Å². The third-order valence-electron chi connectivity index (χ3n) is 4.76. The van der Waals surface area contributed by atoms with E-state index < -0.39 is 0 Å². The minimum Gasteiger partial charge on any atom is -0.497 e. The van der Waals surface area contributed by atoms with E-state index in [9.17, 15) is 0 Å². The minimum absolute atomic E-state index is 0.261. The van der Waals surface area contributed by atoms with Crippen LogP contribution in [0.2, 0.25) is 5.02 Å². The number of hydrogen-bond acceptors (Lipinski definition) is 5. The summed E-state index contributed by atoms with van der Waals surface area (Å²) in [5.41, 5.74) is 2.07. The van der Waals surface area contributed by atoms with Gasteiger partial charge < -0.3 is 9.26 Å². The van der Waals surface area contributed by atoms with Gasteiger partial charge in [0.05, 0.1) is 13.0 Å². The average molecular weight is 370 g/mol. The van der Waals surface area contributed by atoms with E-state index >= 15 is 0 Å². The van der Waals surface area contributed by atoms with Crippen LogP contribution in [0.5, 0.6) is 5.75 Å². The van der Waals surface area contributed by atoms with Gasteiger partial charge in [-0.2, -0.15) is 4.98 Å². The van der Waals surface area contributed by atoms with Gasteiger partial charge in [0, 0.05) is 23.7 Å². The Morgan fingerprint density at radius 3 is 2.77 bits per heavy atom. The number of methoxy groups -OCH3 is 1. The molecule has 4 rings (SSSR count). The van der Waals surface area contributed by atoms with Gasteiger partial charge in [-0.3, -0.25) is 4.90 Å². The summed E-state index contributed by atoms with van der Waals surface area (Å²) >= 11 is 6.27. The van der Waals surface area contributed by atoms with Crippen molar-refractivity contribution in [2.75, 3.05) is 20.2 Å². The van der Waals surface area contributed by atoms with Gasteiger partial charge in [0.25, 0.3) is 0 Å². The van der Waals surface area contributed by atoms with Gasteiger partial charge >= 0.3 is 0 Å². The Morgan fingerprint density at radius 2 is 2.00 bits per heavy atom. The van der Waals surface area contributed by atoms with Crippen molar-refractivity contribution >= 4 is 11.6 Å². The van der Waals surface area contributed by atoms with Gasteiger partial charge in [-0.15, -0.1) is 0 Å². The molecule has 0 spiro atoms. The molecular formula is C20H20ClN3O2. The Bertz CT molecular complexity index is 879. The van der Waals surface area contributed by atoms with Gasteiger partial charge in [0.15, 0.2) is 0 Å². The molecule has 1 aliphatic heterocycles. The highest BCUT2D eigenvalue weighted by Crippen LogP contribution is 2.30. The molecule has 1 aromatic heterocycles. The Morgan fingerprint density at radius 1 is 1.19 bits per heavy atom. The first kappa shape index (κ1) is 17.1. The number of rotatable bonds is 5. The summed E-state index contributed by atoms with van der Waals surface area (Å²) in [4.78, 5) is 6.98. The molecule has 6 heteroatoms. The number of ether oxygens (including phenoxy) is 1. The maximum Gasteiger partial charge on any atom is 0.231 e. The third kappa shape index (κ3) is 3.59. The lowest BCUT2D eigenvalue weighted by Gasteiger charge is -2.16. The molecule has 0 aliphatic carbocycles. The predicted octanol–water partition coefficient (Wildman–Crippen LogP) is 4.39. The maximum absolute atomic E-state index is 6.27. The van der Waals surface area contributed by atoms with Crippen LogP contribution in [-0.4, -0.2) is 35.2 Å². The van der Waals surface area contributed by atoms with Crippen molar-refractivity contribution < 1.29 is 9.26 Å². The number of aromatic nitrogens is 2. The van der Waals surface area contributed by atoms with Crippen LogP contribution in [-0.2, 0) is 6.54 Å². The van der Waals surface area contributed by atoms with Crippen LogP contribution >= 0.6 is 11.6 Å². The fourth-order valence-electron chi connectivity index (χ4n) is 3.30. The van der Waals surface area contributed by atoms with Crippen LogP contribution in [0.4, 0.5) is 0 Å². The zero-order valence-electron chi connectivity index (χ0n) is 14.6. The van der Waals surface area contributed by atoms with Crippen LogP contribution in [0.3, 0.4) is 0 Å². The molecule has 1 saturated heterocycles. The van der Waals surface area contributed by atoms with Crippen LogP contribution < -0.4 is 4.74 Å². The summed E-state index contributed by atoms with van der Waals surface area (Å²) < 4.78 is 10.7. The number of likely N-dealkylation sites (tertiary alicyclic amines) is 1. The van der Waals surface area contributed by atoms with Gasteiger partial charge in [-0.25, -0.2) is 0 Å². The van der Waals surface area contributed by atoms with Crippen molar-refractivity contribution in [3.05, 3.63) is 65.0 Å². The second-order valence-electron chi connectivity index (χ2n) is 6.50. The largest absolute Gasteiger partial charge is 0.497 e. The number of halogens is 1. The first-order chi connectivity index (χ1) is 12.7. The molecule has 1 atom stereocenters. The number of hydrogen-bond donors (Lipinski definition) is 0. The average Bonchev–Trinajstić information content (AvgIpc) is 3.33. The molecule has 2 heterocycles. The second-order valence-corrected chi connectivity index (χ2v) is 6.90. The monoisotopic (exact) mass is 369 g/mol. The molecule has 5 nitrogen and oxygen atoms in total. The van der Waals surface area contributed by atoms with E-state index in [1.54, 1.807) is 7.11 Å². The molecule has 0 bridgehead atoms. The lowest BCUT2D eigenvalue weighted by atomic mass is 10.1. The van der Waals surface area contributed by atoms with E-state index in [1.807, 2.05) is 42.5 Å². The maximum atomic E-state index is 6.27. The van der Waals surface area contributed by atoms with Crippen molar-refractivity contribution in [2.45, 2.75) is 18.9 Å². The highest BCUT2D eigenvalue weighted by molar-refractivity contribution is 6.31. The molecule has 1 aliphatic rings. The van der Waals surface area contributed by atoms with Crippen LogP contribution in [0, 0.1) is 0 Å². The van der Waals surface area contributed by atoms with E-state index in [2.05, 4.69) is 21.1 Å². The smallest absolute Gasteiger partial charge is 0.231 e. The normalized spacial score (nSPS) is 17.5. The summed E-state index contributed by atoms with van der Waals surface area (Å²) in [7, 11) is 1.65. The molecule has 0 N–H and O–H groups in total. The van der Waals surface area contributed by atoms with Crippen LogP contribution in [0.15, 0.2) is 53.1 Å². The van der Waals surface area contributed by atoms with E-state index in [0.717, 1.165) is 48.0 Å². The van der Waals surface area contributed by atoms with Crippen molar-refractivity contribution in [3.63, 3.8) is 0 Å². The fraction of sp³-hybridized carbons (Fsp3) is 0.300. The Kier molecular flexibility index (Phi) is 4.91. The Hall–Kier alpha value is -2.37.